The lowest BCUT2D eigenvalue weighted by molar-refractivity contribution is 0.0348. The minimum Gasteiger partial charge on any atom is -0.400 e. The fourth-order valence-electron chi connectivity index (χ4n) is 4.70. The smallest absolute Gasteiger partial charge is 0.0720 e. The standard InChI is InChI=1S/C25H30N2O2.CH4O/c28-16-23-10-11-27(23)15-22-14-21-13-20(8-9-25(21)26-22)19-5-3-4-18(12-19)17-29-24-6-1-2-7-24;1-2/h3-5,8-9,12-14,23-24,26,28H,1-2,6-7,10-11,15-17H2;2H,1H3. The number of aromatic amines is 1. The molecule has 5 nitrogen and oxygen atoms in total. The molecule has 0 amide bonds. The number of nitrogens with zero attached hydrogens (tertiary/aromatic N) is 1. The van der Waals surface area contributed by atoms with Crippen molar-refractivity contribution >= 4 is 10.9 Å². The van der Waals surface area contributed by atoms with Crippen LogP contribution in [-0.4, -0.2) is 52.5 Å². The van der Waals surface area contributed by atoms with E-state index in [1.54, 1.807) is 0 Å². The van der Waals surface area contributed by atoms with Crippen molar-refractivity contribution in [3.05, 3.63) is 59.8 Å². The second-order valence-electron chi connectivity index (χ2n) is 8.61. The van der Waals surface area contributed by atoms with Gasteiger partial charge in [-0.1, -0.05) is 37.1 Å². The monoisotopic (exact) mass is 422 g/mol. The van der Waals surface area contributed by atoms with Crippen LogP contribution in [0.1, 0.15) is 43.4 Å². The summed E-state index contributed by atoms with van der Waals surface area (Å²) in [6.45, 7) is 2.91. The van der Waals surface area contributed by atoms with Gasteiger partial charge >= 0.3 is 0 Å². The number of fused-ring (bicyclic) bond motifs is 1. The van der Waals surface area contributed by atoms with Gasteiger partial charge in [0.1, 0.15) is 0 Å². The number of likely N-dealkylation sites (tertiary alicyclic amines) is 1. The highest BCUT2D eigenvalue weighted by atomic mass is 16.5. The van der Waals surface area contributed by atoms with E-state index in [0.717, 1.165) is 26.6 Å². The lowest BCUT2D eigenvalue weighted by Crippen LogP contribution is -2.49. The molecule has 0 bridgehead atoms. The molecule has 3 N–H and O–H groups in total. The third-order valence-corrected chi connectivity index (χ3v) is 6.57. The largest absolute Gasteiger partial charge is 0.400 e. The van der Waals surface area contributed by atoms with Gasteiger partial charge in [0, 0.05) is 42.8 Å². The molecule has 2 aromatic carbocycles. The summed E-state index contributed by atoms with van der Waals surface area (Å²) in [5, 5.41) is 17.6. The average molecular weight is 423 g/mol. The third-order valence-electron chi connectivity index (χ3n) is 6.57. The zero-order valence-electron chi connectivity index (χ0n) is 18.4. The summed E-state index contributed by atoms with van der Waals surface area (Å²) in [4.78, 5) is 5.87. The van der Waals surface area contributed by atoms with Crippen molar-refractivity contribution in [1.82, 2.24) is 9.88 Å². The summed E-state index contributed by atoms with van der Waals surface area (Å²) >= 11 is 0. The first kappa shape index (κ1) is 22.0. The predicted molar refractivity (Wildman–Crippen MR) is 125 cm³/mol. The number of aliphatic hydroxyl groups excluding tert-OH is 2. The van der Waals surface area contributed by atoms with E-state index in [1.807, 2.05) is 0 Å². The lowest BCUT2D eigenvalue weighted by atomic mass is 10.0. The Morgan fingerprint density at radius 3 is 2.55 bits per heavy atom. The topological polar surface area (TPSA) is 68.7 Å². The summed E-state index contributed by atoms with van der Waals surface area (Å²) in [7, 11) is 1.00. The van der Waals surface area contributed by atoms with Crippen molar-refractivity contribution in [1.29, 1.82) is 0 Å². The van der Waals surface area contributed by atoms with Crippen molar-refractivity contribution in [2.24, 2.45) is 0 Å². The second-order valence-corrected chi connectivity index (χ2v) is 8.61. The van der Waals surface area contributed by atoms with E-state index in [-0.39, 0.29) is 6.61 Å². The molecule has 3 aromatic rings. The van der Waals surface area contributed by atoms with Crippen LogP contribution in [-0.2, 0) is 17.9 Å². The molecule has 1 saturated heterocycles. The summed E-state index contributed by atoms with van der Waals surface area (Å²) in [6.07, 6.45) is 6.58. The molecule has 5 heteroatoms. The van der Waals surface area contributed by atoms with Gasteiger partial charge < -0.3 is 19.9 Å². The van der Waals surface area contributed by atoms with E-state index in [4.69, 9.17) is 9.84 Å². The van der Waals surface area contributed by atoms with Gasteiger partial charge in [-0.3, -0.25) is 4.90 Å². The first-order valence-electron chi connectivity index (χ1n) is 11.4. The van der Waals surface area contributed by atoms with Crippen molar-refractivity contribution in [2.75, 3.05) is 20.3 Å². The first-order valence-corrected chi connectivity index (χ1v) is 11.4. The van der Waals surface area contributed by atoms with Crippen molar-refractivity contribution < 1.29 is 14.9 Å². The van der Waals surface area contributed by atoms with Crippen LogP contribution in [0.4, 0.5) is 0 Å². The lowest BCUT2D eigenvalue weighted by Gasteiger charge is -2.39. The number of aliphatic hydroxyl groups is 2. The first-order chi connectivity index (χ1) is 15.3. The van der Waals surface area contributed by atoms with Crippen LogP contribution in [0.2, 0.25) is 0 Å². The summed E-state index contributed by atoms with van der Waals surface area (Å²) in [5.41, 5.74) is 6.12. The molecule has 2 aliphatic rings. The molecule has 1 unspecified atom stereocenters. The molecule has 1 aromatic heterocycles. The number of hydrogen-bond acceptors (Lipinski definition) is 4. The molecule has 166 valence electrons. The van der Waals surface area contributed by atoms with Gasteiger partial charge in [-0.25, -0.2) is 0 Å². The van der Waals surface area contributed by atoms with Crippen molar-refractivity contribution in [3.8, 4) is 11.1 Å². The molecule has 1 aliphatic carbocycles. The fraction of sp³-hybridized carbons (Fsp3) is 0.462. The number of benzene rings is 2. The molecule has 2 heterocycles. The Balaban J connectivity index is 0.00000112. The number of rotatable bonds is 7. The number of ether oxygens (including phenoxy) is 1. The molecule has 1 saturated carbocycles. The quantitative estimate of drug-likeness (QED) is 0.526. The van der Waals surface area contributed by atoms with E-state index in [2.05, 4.69) is 58.4 Å². The molecule has 0 radical (unpaired) electrons. The molecule has 0 spiro atoms. The third kappa shape index (κ3) is 5.18. The van der Waals surface area contributed by atoms with Crippen LogP contribution < -0.4 is 0 Å². The van der Waals surface area contributed by atoms with Gasteiger partial charge in [0.2, 0.25) is 0 Å². The fourth-order valence-corrected chi connectivity index (χ4v) is 4.70. The van der Waals surface area contributed by atoms with Crippen molar-refractivity contribution in [2.45, 2.75) is 57.4 Å². The SMILES string of the molecule is CO.OCC1CCN1Cc1cc2cc(-c3cccc(COC4CCCC4)c3)ccc2[nH]1. The van der Waals surface area contributed by atoms with Gasteiger partial charge in [-0.05, 0) is 60.2 Å². The molecule has 1 atom stereocenters. The molecular weight excluding hydrogens is 388 g/mol. The van der Waals surface area contributed by atoms with Crippen LogP contribution in [0.15, 0.2) is 48.5 Å². The normalized spacial score (nSPS) is 19.3. The number of aromatic nitrogens is 1. The zero-order valence-corrected chi connectivity index (χ0v) is 18.4. The van der Waals surface area contributed by atoms with E-state index >= 15 is 0 Å². The van der Waals surface area contributed by atoms with Crippen LogP contribution >= 0.6 is 0 Å². The zero-order chi connectivity index (χ0) is 21.6. The van der Waals surface area contributed by atoms with Gasteiger partial charge in [-0.15, -0.1) is 0 Å². The Kier molecular flexibility index (Phi) is 7.41. The van der Waals surface area contributed by atoms with Crippen LogP contribution in [0.3, 0.4) is 0 Å². The molecule has 5 rings (SSSR count). The summed E-state index contributed by atoms with van der Waals surface area (Å²) in [5.74, 6) is 0. The Bertz CT molecular complexity index is 976. The minimum absolute atomic E-state index is 0.255. The van der Waals surface area contributed by atoms with Gasteiger partial charge in [-0.2, -0.15) is 0 Å². The van der Waals surface area contributed by atoms with Gasteiger partial charge in [0.15, 0.2) is 0 Å². The maximum atomic E-state index is 9.40. The second kappa shape index (κ2) is 10.4. The summed E-state index contributed by atoms with van der Waals surface area (Å²) in [6, 6.07) is 17.9. The molecule has 1 aliphatic heterocycles. The van der Waals surface area contributed by atoms with Crippen LogP contribution in [0.25, 0.3) is 22.0 Å². The van der Waals surface area contributed by atoms with Gasteiger partial charge in [0.05, 0.1) is 19.3 Å². The van der Waals surface area contributed by atoms with Crippen LogP contribution in [0.5, 0.6) is 0 Å². The average Bonchev–Trinajstić information content (AvgIpc) is 3.46. The van der Waals surface area contributed by atoms with Gasteiger partial charge in [0.25, 0.3) is 0 Å². The van der Waals surface area contributed by atoms with E-state index in [9.17, 15) is 5.11 Å². The highest BCUT2D eigenvalue weighted by Crippen LogP contribution is 2.28. The van der Waals surface area contributed by atoms with E-state index in [1.165, 1.54) is 59.0 Å². The predicted octanol–water partition coefficient (Wildman–Crippen LogP) is 4.47. The van der Waals surface area contributed by atoms with E-state index in [0.29, 0.717) is 18.8 Å². The highest BCUT2D eigenvalue weighted by molar-refractivity contribution is 5.86. The number of hydrogen-bond donors (Lipinski definition) is 3. The Morgan fingerprint density at radius 1 is 1.00 bits per heavy atom. The summed E-state index contributed by atoms with van der Waals surface area (Å²) < 4.78 is 6.10. The molecular formula is C26H34N2O3. The molecule has 31 heavy (non-hydrogen) atoms. The Labute approximate surface area is 184 Å². The number of H-pyrrole nitrogens is 1. The minimum atomic E-state index is 0.255. The Morgan fingerprint density at radius 2 is 1.81 bits per heavy atom. The number of nitrogens with one attached hydrogen (secondary N) is 1. The molecule has 2 fully saturated rings. The van der Waals surface area contributed by atoms with Crippen LogP contribution in [0, 0.1) is 0 Å². The Hall–Kier alpha value is -2.18. The van der Waals surface area contributed by atoms with Crippen molar-refractivity contribution in [3.63, 3.8) is 0 Å². The highest BCUT2D eigenvalue weighted by Gasteiger charge is 2.27. The van der Waals surface area contributed by atoms with E-state index < -0.39 is 0 Å². The maximum absolute atomic E-state index is 9.40. The maximum Gasteiger partial charge on any atom is 0.0720 e.